The SMILES string of the molecule is O=C(CN(c1ccccc1)c1ccccc1)Nc1ccc(-c2nc3ccccc3s2)cc1. The first-order valence-electron chi connectivity index (χ1n) is 10.4. The third kappa shape index (κ3) is 4.38. The first-order chi connectivity index (χ1) is 15.8. The summed E-state index contributed by atoms with van der Waals surface area (Å²) in [5.41, 5.74) is 4.76. The van der Waals surface area contributed by atoms with E-state index in [1.165, 1.54) is 4.70 Å². The van der Waals surface area contributed by atoms with E-state index in [4.69, 9.17) is 4.98 Å². The first kappa shape index (κ1) is 20.0. The Labute approximate surface area is 190 Å². The molecule has 0 aliphatic rings. The standard InChI is InChI=1S/C27H21N3OS/c31-26(19-30(22-9-3-1-4-10-22)23-11-5-2-6-12-23)28-21-17-15-20(16-18-21)27-29-24-13-7-8-14-25(24)32-27/h1-18H,19H2,(H,28,31). The molecular formula is C27H21N3OS. The molecule has 0 fully saturated rings. The van der Waals surface area contributed by atoms with E-state index in [0.717, 1.165) is 33.1 Å². The molecule has 0 aliphatic heterocycles. The van der Waals surface area contributed by atoms with E-state index in [2.05, 4.69) is 11.4 Å². The summed E-state index contributed by atoms with van der Waals surface area (Å²) in [6, 6.07) is 35.9. The number of nitrogens with zero attached hydrogens (tertiary/aromatic N) is 2. The van der Waals surface area contributed by atoms with Crippen molar-refractivity contribution >= 4 is 44.5 Å². The maximum absolute atomic E-state index is 12.9. The van der Waals surface area contributed by atoms with Crippen LogP contribution in [0.2, 0.25) is 0 Å². The molecule has 0 aliphatic carbocycles. The Balaban J connectivity index is 1.31. The molecule has 0 radical (unpaired) electrons. The monoisotopic (exact) mass is 435 g/mol. The fourth-order valence-corrected chi connectivity index (χ4v) is 4.55. The molecule has 0 unspecified atom stereocenters. The van der Waals surface area contributed by atoms with Gasteiger partial charge in [-0.25, -0.2) is 4.98 Å². The highest BCUT2D eigenvalue weighted by molar-refractivity contribution is 7.21. The second kappa shape index (κ2) is 9.04. The zero-order chi connectivity index (χ0) is 21.8. The van der Waals surface area contributed by atoms with Crippen molar-refractivity contribution in [3.8, 4) is 10.6 Å². The molecule has 1 amide bonds. The van der Waals surface area contributed by atoms with Gasteiger partial charge in [0, 0.05) is 22.6 Å². The summed E-state index contributed by atoms with van der Waals surface area (Å²) in [5.74, 6) is -0.0783. The number of fused-ring (bicyclic) bond motifs is 1. The number of benzene rings is 4. The predicted molar refractivity (Wildman–Crippen MR) is 134 cm³/mol. The number of rotatable bonds is 6. The van der Waals surface area contributed by atoms with Crippen molar-refractivity contribution in [1.29, 1.82) is 0 Å². The molecule has 0 atom stereocenters. The fraction of sp³-hybridized carbons (Fsp3) is 0.0370. The highest BCUT2D eigenvalue weighted by atomic mass is 32.1. The molecule has 5 rings (SSSR count). The van der Waals surface area contributed by atoms with Crippen LogP contribution in [0.25, 0.3) is 20.8 Å². The van der Waals surface area contributed by atoms with Crippen LogP contribution >= 0.6 is 11.3 Å². The van der Waals surface area contributed by atoms with E-state index in [0.29, 0.717) is 0 Å². The Morgan fingerprint density at radius 2 is 1.34 bits per heavy atom. The third-order valence-electron chi connectivity index (χ3n) is 5.15. The summed E-state index contributed by atoms with van der Waals surface area (Å²) in [4.78, 5) is 19.6. The van der Waals surface area contributed by atoms with Crippen molar-refractivity contribution in [1.82, 2.24) is 4.98 Å². The van der Waals surface area contributed by atoms with E-state index >= 15 is 0 Å². The minimum Gasteiger partial charge on any atom is -0.332 e. The van der Waals surface area contributed by atoms with E-state index in [-0.39, 0.29) is 12.5 Å². The van der Waals surface area contributed by atoms with E-state index in [1.807, 2.05) is 108 Å². The van der Waals surface area contributed by atoms with Gasteiger partial charge in [-0.3, -0.25) is 4.79 Å². The number of amides is 1. The molecule has 0 bridgehead atoms. The molecule has 0 spiro atoms. The van der Waals surface area contributed by atoms with E-state index < -0.39 is 0 Å². The van der Waals surface area contributed by atoms with Crippen molar-refractivity contribution < 1.29 is 4.79 Å². The lowest BCUT2D eigenvalue weighted by atomic mass is 10.2. The quantitative estimate of drug-likeness (QED) is 0.321. The molecule has 0 saturated heterocycles. The Morgan fingerprint density at radius 1 is 0.750 bits per heavy atom. The van der Waals surface area contributed by atoms with E-state index in [9.17, 15) is 4.79 Å². The highest BCUT2D eigenvalue weighted by Gasteiger charge is 2.14. The van der Waals surface area contributed by atoms with Crippen molar-refractivity contribution in [2.75, 3.05) is 16.8 Å². The lowest BCUT2D eigenvalue weighted by molar-refractivity contribution is -0.114. The molecule has 1 aromatic heterocycles. The zero-order valence-electron chi connectivity index (χ0n) is 17.3. The molecule has 32 heavy (non-hydrogen) atoms. The molecular weight excluding hydrogens is 414 g/mol. The van der Waals surface area contributed by atoms with Gasteiger partial charge in [0.05, 0.1) is 10.2 Å². The molecule has 4 aromatic carbocycles. The van der Waals surface area contributed by atoms with Gasteiger partial charge in [0.2, 0.25) is 5.91 Å². The Bertz CT molecular complexity index is 1260. The van der Waals surface area contributed by atoms with Gasteiger partial charge in [0.15, 0.2) is 0 Å². The summed E-state index contributed by atoms with van der Waals surface area (Å²) < 4.78 is 1.17. The summed E-state index contributed by atoms with van der Waals surface area (Å²) in [6.07, 6.45) is 0. The van der Waals surface area contributed by atoms with Gasteiger partial charge in [-0.15, -0.1) is 11.3 Å². The van der Waals surface area contributed by atoms with Gasteiger partial charge < -0.3 is 10.2 Å². The molecule has 4 nitrogen and oxygen atoms in total. The molecule has 1 heterocycles. The number of thiazole rings is 1. The van der Waals surface area contributed by atoms with Gasteiger partial charge in [-0.2, -0.15) is 0 Å². The van der Waals surface area contributed by atoms with Crippen LogP contribution in [0.4, 0.5) is 17.1 Å². The van der Waals surface area contributed by atoms with Gasteiger partial charge >= 0.3 is 0 Å². The number of hydrogen-bond acceptors (Lipinski definition) is 4. The van der Waals surface area contributed by atoms with Gasteiger partial charge in [-0.05, 0) is 60.7 Å². The van der Waals surface area contributed by atoms with Crippen LogP contribution < -0.4 is 10.2 Å². The molecule has 0 saturated carbocycles. The third-order valence-corrected chi connectivity index (χ3v) is 6.23. The van der Waals surface area contributed by atoms with Crippen molar-refractivity contribution in [2.24, 2.45) is 0 Å². The van der Waals surface area contributed by atoms with Crippen LogP contribution in [0, 0.1) is 0 Å². The Hall–Kier alpha value is -3.96. The van der Waals surface area contributed by atoms with Crippen LogP contribution in [0.1, 0.15) is 0 Å². The van der Waals surface area contributed by atoms with Crippen LogP contribution in [0.5, 0.6) is 0 Å². The largest absolute Gasteiger partial charge is 0.332 e. The average Bonchev–Trinajstić information content (AvgIpc) is 3.28. The second-order valence-electron chi connectivity index (χ2n) is 7.37. The van der Waals surface area contributed by atoms with Crippen LogP contribution in [0.3, 0.4) is 0 Å². The average molecular weight is 436 g/mol. The van der Waals surface area contributed by atoms with Gasteiger partial charge in [0.1, 0.15) is 11.6 Å². The number of anilines is 3. The smallest absolute Gasteiger partial charge is 0.244 e. The van der Waals surface area contributed by atoms with Gasteiger partial charge in [-0.1, -0.05) is 48.5 Å². The van der Waals surface area contributed by atoms with E-state index in [1.54, 1.807) is 11.3 Å². The summed E-state index contributed by atoms with van der Waals surface area (Å²) in [5, 5.41) is 3.99. The van der Waals surface area contributed by atoms with Gasteiger partial charge in [0.25, 0.3) is 0 Å². The van der Waals surface area contributed by atoms with Crippen LogP contribution in [-0.2, 0) is 4.79 Å². The number of hydrogen-bond donors (Lipinski definition) is 1. The second-order valence-corrected chi connectivity index (χ2v) is 8.40. The number of aromatic nitrogens is 1. The molecule has 5 heteroatoms. The molecule has 1 N–H and O–H groups in total. The van der Waals surface area contributed by atoms with Crippen molar-refractivity contribution in [3.05, 3.63) is 109 Å². The van der Waals surface area contributed by atoms with Crippen molar-refractivity contribution in [3.63, 3.8) is 0 Å². The molecule has 156 valence electrons. The minimum absolute atomic E-state index is 0.0783. The summed E-state index contributed by atoms with van der Waals surface area (Å²) in [6.45, 7) is 0.216. The maximum atomic E-state index is 12.9. The summed E-state index contributed by atoms with van der Waals surface area (Å²) in [7, 11) is 0. The van der Waals surface area contributed by atoms with Crippen LogP contribution in [0.15, 0.2) is 109 Å². The minimum atomic E-state index is -0.0783. The van der Waals surface area contributed by atoms with Crippen LogP contribution in [-0.4, -0.2) is 17.4 Å². The highest BCUT2D eigenvalue weighted by Crippen LogP contribution is 2.30. The zero-order valence-corrected chi connectivity index (χ0v) is 18.1. The number of para-hydroxylation sites is 3. The fourth-order valence-electron chi connectivity index (χ4n) is 3.58. The lowest BCUT2D eigenvalue weighted by Gasteiger charge is -2.24. The summed E-state index contributed by atoms with van der Waals surface area (Å²) >= 11 is 1.67. The lowest BCUT2D eigenvalue weighted by Crippen LogP contribution is -2.29. The maximum Gasteiger partial charge on any atom is 0.244 e. The Kier molecular flexibility index (Phi) is 5.64. The molecule has 5 aromatic rings. The van der Waals surface area contributed by atoms with Crippen molar-refractivity contribution in [2.45, 2.75) is 0 Å². The first-order valence-corrected chi connectivity index (χ1v) is 11.2. The normalized spacial score (nSPS) is 10.8. The Morgan fingerprint density at radius 3 is 1.97 bits per heavy atom. The number of carbonyl (C=O) groups excluding carboxylic acids is 1. The number of nitrogens with one attached hydrogen (secondary N) is 1. The topological polar surface area (TPSA) is 45.2 Å². The number of carbonyl (C=O) groups is 1. The predicted octanol–water partition coefficient (Wildman–Crippen LogP) is 6.74.